The van der Waals surface area contributed by atoms with Crippen LogP contribution in [0.1, 0.15) is 32.8 Å². The highest BCUT2D eigenvalue weighted by molar-refractivity contribution is 7.80. The molecule has 0 radical (unpaired) electrons. The molecule has 1 rings (SSSR count). The van der Waals surface area contributed by atoms with Gasteiger partial charge in [0, 0.05) is 5.69 Å². The van der Waals surface area contributed by atoms with Crippen molar-refractivity contribution >= 4 is 24.4 Å². The first-order valence-electron chi connectivity index (χ1n) is 6.10. The van der Waals surface area contributed by atoms with Crippen LogP contribution in [0.2, 0.25) is 0 Å². The summed E-state index contributed by atoms with van der Waals surface area (Å²) in [7, 11) is 0. The molecule has 1 amide bonds. The van der Waals surface area contributed by atoms with Gasteiger partial charge < -0.3 is 4.74 Å². The first-order chi connectivity index (χ1) is 8.40. The zero-order valence-corrected chi connectivity index (χ0v) is 12.1. The number of rotatable bonds is 4. The Hall–Kier alpha value is -1.16. The summed E-state index contributed by atoms with van der Waals surface area (Å²) >= 11 is 4.18. The Morgan fingerprint density at radius 1 is 1.28 bits per heavy atom. The van der Waals surface area contributed by atoms with Crippen LogP contribution in [0.15, 0.2) is 24.3 Å². The van der Waals surface area contributed by atoms with E-state index < -0.39 is 11.7 Å². The van der Waals surface area contributed by atoms with E-state index in [9.17, 15) is 4.79 Å². The van der Waals surface area contributed by atoms with Crippen LogP contribution in [0.3, 0.4) is 0 Å². The van der Waals surface area contributed by atoms with Crippen LogP contribution in [0.5, 0.6) is 0 Å². The average Bonchev–Trinajstić information content (AvgIpc) is 2.25. The first-order valence-corrected chi connectivity index (χ1v) is 6.74. The smallest absolute Gasteiger partial charge is 0.412 e. The van der Waals surface area contributed by atoms with Crippen LogP contribution >= 0.6 is 12.6 Å². The molecule has 0 aromatic heterocycles. The normalized spacial score (nSPS) is 11.1. The Balaban J connectivity index is 2.50. The van der Waals surface area contributed by atoms with Gasteiger partial charge in [-0.1, -0.05) is 12.1 Å². The van der Waals surface area contributed by atoms with Gasteiger partial charge in [0.1, 0.15) is 5.60 Å². The van der Waals surface area contributed by atoms with Gasteiger partial charge >= 0.3 is 6.09 Å². The molecule has 0 aliphatic rings. The van der Waals surface area contributed by atoms with Gasteiger partial charge in [0.2, 0.25) is 0 Å². The number of amides is 1. The molecule has 0 saturated heterocycles. The van der Waals surface area contributed by atoms with Gasteiger partial charge in [-0.2, -0.15) is 12.6 Å². The van der Waals surface area contributed by atoms with Crippen molar-refractivity contribution in [3.05, 3.63) is 29.8 Å². The van der Waals surface area contributed by atoms with E-state index in [2.05, 4.69) is 17.9 Å². The van der Waals surface area contributed by atoms with E-state index in [1.807, 2.05) is 45.0 Å². The molecule has 1 aromatic carbocycles. The largest absolute Gasteiger partial charge is 0.444 e. The topological polar surface area (TPSA) is 38.3 Å². The Morgan fingerprint density at radius 2 is 1.89 bits per heavy atom. The summed E-state index contributed by atoms with van der Waals surface area (Å²) in [6, 6.07) is 7.79. The quantitative estimate of drug-likeness (QED) is 0.812. The molecule has 3 nitrogen and oxygen atoms in total. The fourth-order valence-electron chi connectivity index (χ4n) is 1.46. The van der Waals surface area contributed by atoms with Crippen molar-refractivity contribution < 1.29 is 9.53 Å². The molecule has 0 aliphatic heterocycles. The van der Waals surface area contributed by atoms with Crippen molar-refractivity contribution in [2.45, 2.75) is 39.2 Å². The molecule has 0 unspecified atom stereocenters. The maximum Gasteiger partial charge on any atom is 0.412 e. The Bertz CT molecular complexity index is 382. The SMILES string of the molecule is CC(C)(C)OC(=O)Nc1ccc(CCCS)cc1. The lowest BCUT2D eigenvalue weighted by atomic mass is 10.1. The van der Waals surface area contributed by atoms with Crippen LogP contribution in [0.25, 0.3) is 0 Å². The molecule has 0 atom stereocenters. The number of carbonyl (C=O) groups is 1. The van der Waals surface area contributed by atoms with Gasteiger partial charge in [0.15, 0.2) is 0 Å². The lowest BCUT2D eigenvalue weighted by Gasteiger charge is -2.19. The summed E-state index contributed by atoms with van der Waals surface area (Å²) in [6.07, 6.45) is 1.64. The Labute approximate surface area is 114 Å². The van der Waals surface area contributed by atoms with E-state index in [-0.39, 0.29) is 0 Å². The fraction of sp³-hybridized carbons (Fsp3) is 0.500. The second-order valence-corrected chi connectivity index (χ2v) is 5.60. The van der Waals surface area contributed by atoms with Gasteiger partial charge in [-0.3, -0.25) is 5.32 Å². The molecule has 18 heavy (non-hydrogen) atoms. The van der Waals surface area contributed by atoms with Crippen LogP contribution in [-0.4, -0.2) is 17.4 Å². The van der Waals surface area contributed by atoms with Crippen molar-refractivity contribution in [3.63, 3.8) is 0 Å². The van der Waals surface area contributed by atoms with Crippen molar-refractivity contribution in [3.8, 4) is 0 Å². The molecule has 0 fully saturated rings. The third-order valence-electron chi connectivity index (χ3n) is 2.22. The third kappa shape index (κ3) is 5.96. The van der Waals surface area contributed by atoms with E-state index in [0.717, 1.165) is 24.3 Å². The standard InChI is InChI=1S/C14H21NO2S/c1-14(2,3)17-13(16)15-12-8-6-11(7-9-12)5-4-10-18/h6-9,18H,4-5,10H2,1-3H3,(H,15,16). The molecule has 1 aromatic rings. The minimum atomic E-state index is -0.476. The number of thiol groups is 1. The zero-order chi connectivity index (χ0) is 13.6. The third-order valence-corrected chi connectivity index (χ3v) is 2.54. The minimum Gasteiger partial charge on any atom is -0.444 e. The Morgan fingerprint density at radius 3 is 2.39 bits per heavy atom. The van der Waals surface area contributed by atoms with E-state index in [0.29, 0.717) is 0 Å². The lowest BCUT2D eigenvalue weighted by molar-refractivity contribution is 0.0636. The molecule has 100 valence electrons. The highest BCUT2D eigenvalue weighted by Gasteiger charge is 2.15. The number of ether oxygens (including phenoxy) is 1. The molecule has 0 saturated carbocycles. The molecule has 0 aliphatic carbocycles. The van der Waals surface area contributed by atoms with Gasteiger partial charge in [-0.25, -0.2) is 4.79 Å². The molecule has 0 heterocycles. The summed E-state index contributed by atoms with van der Waals surface area (Å²) in [5.74, 6) is 0.887. The molecule has 0 spiro atoms. The number of hydrogen-bond acceptors (Lipinski definition) is 3. The van der Waals surface area contributed by atoms with E-state index in [4.69, 9.17) is 4.74 Å². The molecular weight excluding hydrogens is 246 g/mol. The number of benzene rings is 1. The molecule has 4 heteroatoms. The zero-order valence-electron chi connectivity index (χ0n) is 11.2. The van der Waals surface area contributed by atoms with Gasteiger partial charge in [0.25, 0.3) is 0 Å². The fourth-order valence-corrected chi connectivity index (χ4v) is 1.62. The van der Waals surface area contributed by atoms with Gasteiger partial charge in [-0.15, -0.1) is 0 Å². The van der Waals surface area contributed by atoms with Gasteiger partial charge in [-0.05, 0) is 57.1 Å². The van der Waals surface area contributed by atoms with E-state index in [1.165, 1.54) is 5.56 Å². The minimum absolute atomic E-state index is 0.425. The van der Waals surface area contributed by atoms with Gasteiger partial charge in [0.05, 0.1) is 0 Å². The van der Waals surface area contributed by atoms with Crippen LogP contribution in [-0.2, 0) is 11.2 Å². The maximum absolute atomic E-state index is 11.5. The number of hydrogen-bond donors (Lipinski definition) is 2. The van der Waals surface area contributed by atoms with Crippen molar-refractivity contribution in [1.82, 2.24) is 0 Å². The summed E-state index contributed by atoms with van der Waals surface area (Å²) in [5, 5.41) is 2.71. The van der Waals surface area contributed by atoms with Crippen LogP contribution in [0, 0.1) is 0 Å². The predicted octanol–water partition coefficient (Wildman–Crippen LogP) is 3.90. The van der Waals surface area contributed by atoms with Crippen molar-refractivity contribution in [1.29, 1.82) is 0 Å². The average molecular weight is 267 g/mol. The lowest BCUT2D eigenvalue weighted by Crippen LogP contribution is -2.27. The Kier molecular flexibility index (Phi) is 5.54. The van der Waals surface area contributed by atoms with Crippen LogP contribution < -0.4 is 5.32 Å². The summed E-state index contributed by atoms with van der Waals surface area (Å²) in [4.78, 5) is 11.5. The van der Waals surface area contributed by atoms with Crippen molar-refractivity contribution in [2.24, 2.45) is 0 Å². The maximum atomic E-state index is 11.5. The second kappa shape index (κ2) is 6.69. The number of anilines is 1. The molecule has 0 bridgehead atoms. The van der Waals surface area contributed by atoms with Crippen LogP contribution in [0.4, 0.5) is 10.5 Å². The highest BCUT2D eigenvalue weighted by atomic mass is 32.1. The van der Waals surface area contributed by atoms with Crippen molar-refractivity contribution in [2.75, 3.05) is 11.1 Å². The highest BCUT2D eigenvalue weighted by Crippen LogP contribution is 2.13. The number of nitrogens with one attached hydrogen (secondary N) is 1. The van der Waals surface area contributed by atoms with E-state index >= 15 is 0 Å². The predicted molar refractivity (Wildman–Crippen MR) is 78.5 cm³/mol. The molecular formula is C14H21NO2S. The summed E-state index contributed by atoms with van der Waals surface area (Å²) in [6.45, 7) is 5.52. The molecule has 1 N–H and O–H groups in total. The number of carbonyl (C=O) groups excluding carboxylic acids is 1. The monoisotopic (exact) mass is 267 g/mol. The first kappa shape index (κ1) is 14.9. The second-order valence-electron chi connectivity index (χ2n) is 5.15. The summed E-state index contributed by atoms with van der Waals surface area (Å²) in [5.41, 5.74) is 1.52. The number of aryl methyl sites for hydroxylation is 1. The summed E-state index contributed by atoms with van der Waals surface area (Å²) < 4.78 is 5.18. The van der Waals surface area contributed by atoms with E-state index in [1.54, 1.807) is 0 Å².